The number of nitrogens with one attached hydrogen (secondary N) is 2. The van der Waals surface area contributed by atoms with E-state index in [9.17, 15) is 22.3 Å². The summed E-state index contributed by atoms with van der Waals surface area (Å²) in [4.78, 5) is 8.67. The van der Waals surface area contributed by atoms with Crippen molar-refractivity contribution in [2.45, 2.75) is 50.0 Å². The van der Waals surface area contributed by atoms with Crippen LogP contribution in [0.1, 0.15) is 42.5 Å². The van der Waals surface area contributed by atoms with Gasteiger partial charge in [-0.1, -0.05) is 0 Å². The molecular weight excluding hydrogens is 456 g/mol. The number of aliphatic hydroxyl groups excluding tert-OH is 1. The van der Waals surface area contributed by atoms with Crippen molar-refractivity contribution < 1.29 is 26.5 Å². The normalized spacial score (nSPS) is 25.0. The van der Waals surface area contributed by atoms with Gasteiger partial charge in [0.1, 0.15) is 35.5 Å². The van der Waals surface area contributed by atoms with Crippen molar-refractivity contribution in [2.24, 2.45) is 0 Å². The first kappa shape index (κ1) is 22.1. The number of hydrogen-bond donors (Lipinski definition) is 3. The fourth-order valence-corrected chi connectivity index (χ4v) is 5.49. The average molecular weight is 480 g/mol. The second kappa shape index (κ2) is 8.28. The summed E-state index contributed by atoms with van der Waals surface area (Å²) in [5.74, 6) is -0.373. The highest BCUT2D eigenvalue weighted by atomic mass is 32.2. The van der Waals surface area contributed by atoms with Gasteiger partial charge in [-0.05, 0) is 49.4 Å². The third kappa shape index (κ3) is 3.97. The topological polar surface area (TPSA) is 118 Å². The SMILES string of the molecule is CNS(=O)(=O)O[C@@H]1C[C@@H](n2ccc3c(N[C@H]4CCc5c(F)ccc(F)c54)ncnc32)C[C@H]1O. The number of benzene rings is 1. The predicted octanol–water partition coefficient (Wildman–Crippen LogP) is 2.35. The molecule has 5 rings (SSSR count). The number of fused-ring (bicyclic) bond motifs is 2. The minimum atomic E-state index is -3.93. The van der Waals surface area contributed by atoms with Gasteiger partial charge in [-0.25, -0.2) is 18.7 Å². The van der Waals surface area contributed by atoms with Crippen LogP contribution < -0.4 is 10.0 Å². The zero-order chi connectivity index (χ0) is 23.3. The van der Waals surface area contributed by atoms with Crippen molar-refractivity contribution in [1.29, 1.82) is 0 Å². The van der Waals surface area contributed by atoms with E-state index in [4.69, 9.17) is 4.18 Å². The lowest BCUT2D eigenvalue weighted by molar-refractivity contribution is 0.0635. The Kier molecular flexibility index (Phi) is 5.55. The summed E-state index contributed by atoms with van der Waals surface area (Å²) in [7, 11) is -2.70. The lowest BCUT2D eigenvalue weighted by Crippen LogP contribution is -2.31. The fraction of sp³-hybridized carbons (Fsp3) is 0.429. The summed E-state index contributed by atoms with van der Waals surface area (Å²) in [6, 6.07) is 3.43. The number of rotatable bonds is 6. The van der Waals surface area contributed by atoms with Crippen LogP contribution in [0.3, 0.4) is 0 Å². The zero-order valence-corrected chi connectivity index (χ0v) is 18.5. The molecule has 1 aromatic carbocycles. The van der Waals surface area contributed by atoms with Crippen LogP contribution in [0.2, 0.25) is 0 Å². The minimum Gasteiger partial charge on any atom is -0.390 e. The average Bonchev–Trinajstić information content (AvgIpc) is 3.49. The number of halogens is 2. The maximum absolute atomic E-state index is 14.4. The van der Waals surface area contributed by atoms with Gasteiger partial charge < -0.3 is 15.0 Å². The number of aromatic nitrogens is 3. The molecule has 0 radical (unpaired) electrons. The van der Waals surface area contributed by atoms with Gasteiger partial charge >= 0.3 is 10.3 Å². The fourth-order valence-electron chi connectivity index (χ4n) is 4.86. The summed E-state index contributed by atoms with van der Waals surface area (Å²) in [5, 5.41) is 14.3. The van der Waals surface area contributed by atoms with Crippen molar-refractivity contribution >= 4 is 27.2 Å². The highest BCUT2D eigenvalue weighted by molar-refractivity contribution is 7.84. The van der Waals surface area contributed by atoms with Crippen molar-refractivity contribution in [3.63, 3.8) is 0 Å². The number of nitrogens with zero attached hydrogens (tertiary/aromatic N) is 3. The molecule has 176 valence electrons. The van der Waals surface area contributed by atoms with E-state index in [2.05, 4.69) is 20.0 Å². The van der Waals surface area contributed by atoms with Crippen molar-refractivity contribution in [2.75, 3.05) is 12.4 Å². The molecule has 2 aromatic heterocycles. The van der Waals surface area contributed by atoms with Crippen LogP contribution in [-0.4, -0.2) is 47.3 Å². The molecule has 0 spiro atoms. The van der Waals surface area contributed by atoms with Crippen molar-refractivity contribution in [3.8, 4) is 0 Å². The van der Waals surface area contributed by atoms with Crippen molar-refractivity contribution in [3.05, 3.63) is 53.5 Å². The molecule has 0 saturated heterocycles. The minimum absolute atomic E-state index is 0.240. The maximum Gasteiger partial charge on any atom is 0.335 e. The second-order valence-electron chi connectivity index (χ2n) is 8.33. The predicted molar refractivity (Wildman–Crippen MR) is 116 cm³/mol. The van der Waals surface area contributed by atoms with Crippen LogP contribution in [0.15, 0.2) is 30.7 Å². The molecule has 2 heterocycles. The molecule has 12 heteroatoms. The van der Waals surface area contributed by atoms with Gasteiger partial charge in [-0.2, -0.15) is 13.1 Å². The molecule has 1 saturated carbocycles. The lowest BCUT2D eigenvalue weighted by atomic mass is 10.1. The van der Waals surface area contributed by atoms with Gasteiger partial charge in [0, 0.05) is 24.8 Å². The third-order valence-corrected chi connectivity index (χ3v) is 7.44. The molecule has 9 nitrogen and oxygen atoms in total. The van der Waals surface area contributed by atoms with E-state index < -0.39 is 40.2 Å². The largest absolute Gasteiger partial charge is 0.390 e. The van der Waals surface area contributed by atoms with Gasteiger partial charge in [0.15, 0.2) is 0 Å². The Bertz CT molecular complexity index is 1320. The van der Waals surface area contributed by atoms with Gasteiger partial charge in [-0.15, -0.1) is 0 Å². The molecule has 0 amide bonds. The highest BCUT2D eigenvalue weighted by Gasteiger charge is 2.38. The van der Waals surface area contributed by atoms with Gasteiger partial charge in [0.2, 0.25) is 0 Å². The van der Waals surface area contributed by atoms with Gasteiger partial charge in [-0.3, -0.25) is 4.18 Å². The standard InChI is InChI=1S/C21H23F2N5O4S/c1-24-33(30,31)32-18-9-11(8-17(18)29)28-7-6-13-20(25-10-26-21(13)28)27-16-5-2-12-14(22)3-4-15(23)19(12)16/h3-4,6-7,10-11,16-18,24,29H,2,5,8-9H2,1H3,(H,25,26,27)/t11-,16-,17+,18+/m0/s1. The number of hydrogen-bond acceptors (Lipinski definition) is 7. The molecule has 2 aliphatic rings. The van der Waals surface area contributed by atoms with Gasteiger partial charge in [0.05, 0.1) is 17.5 Å². The molecule has 0 bridgehead atoms. The molecule has 2 aliphatic carbocycles. The summed E-state index contributed by atoms with van der Waals surface area (Å²) in [5.41, 5.74) is 1.29. The first-order valence-corrected chi connectivity index (χ1v) is 12.0. The smallest absolute Gasteiger partial charge is 0.335 e. The second-order valence-corrected chi connectivity index (χ2v) is 9.83. The molecule has 33 heavy (non-hydrogen) atoms. The maximum atomic E-state index is 14.4. The Morgan fingerprint density at radius 2 is 1.97 bits per heavy atom. The van der Waals surface area contributed by atoms with Crippen LogP contribution in [0.25, 0.3) is 11.0 Å². The summed E-state index contributed by atoms with van der Waals surface area (Å²) in [6.45, 7) is 0. The van der Waals surface area contributed by atoms with Crippen LogP contribution in [-0.2, 0) is 20.9 Å². The Balaban J connectivity index is 1.41. The Morgan fingerprint density at radius 1 is 1.18 bits per heavy atom. The van der Waals surface area contributed by atoms with E-state index in [0.29, 0.717) is 47.2 Å². The molecule has 3 N–H and O–H groups in total. The number of aliphatic hydroxyl groups is 1. The van der Waals surface area contributed by atoms with Crippen LogP contribution in [0, 0.1) is 11.6 Å². The summed E-state index contributed by atoms with van der Waals surface area (Å²) >= 11 is 0. The Morgan fingerprint density at radius 3 is 2.76 bits per heavy atom. The van der Waals surface area contributed by atoms with E-state index in [1.807, 2.05) is 4.57 Å². The molecule has 0 aliphatic heterocycles. The number of anilines is 1. The molecular formula is C21H23F2N5O4S. The first-order chi connectivity index (χ1) is 15.8. The van der Waals surface area contributed by atoms with E-state index in [-0.39, 0.29) is 12.5 Å². The van der Waals surface area contributed by atoms with E-state index >= 15 is 0 Å². The lowest BCUT2D eigenvalue weighted by Gasteiger charge is -2.17. The summed E-state index contributed by atoms with van der Waals surface area (Å²) in [6.07, 6.45) is 2.87. The summed E-state index contributed by atoms with van der Waals surface area (Å²) < 4.78 is 61.0. The van der Waals surface area contributed by atoms with Crippen molar-refractivity contribution in [1.82, 2.24) is 19.3 Å². The Hall–Kier alpha value is -2.67. The first-order valence-electron chi connectivity index (χ1n) is 10.6. The van der Waals surface area contributed by atoms with Gasteiger partial charge in [0.25, 0.3) is 0 Å². The zero-order valence-electron chi connectivity index (χ0n) is 17.7. The quantitative estimate of drug-likeness (QED) is 0.497. The van der Waals surface area contributed by atoms with Crippen LogP contribution >= 0.6 is 0 Å². The van der Waals surface area contributed by atoms with E-state index in [1.54, 1.807) is 12.3 Å². The van der Waals surface area contributed by atoms with E-state index in [0.717, 1.165) is 12.1 Å². The monoisotopic (exact) mass is 479 g/mol. The molecule has 1 fully saturated rings. The molecule has 3 aromatic rings. The van der Waals surface area contributed by atoms with Crippen LogP contribution in [0.5, 0.6) is 0 Å². The Labute approximate surface area is 189 Å². The van der Waals surface area contributed by atoms with E-state index in [1.165, 1.54) is 13.4 Å². The third-order valence-electron chi connectivity index (χ3n) is 6.44. The molecule has 4 atom stereocenters. The molecule has 0 unspecified atom stereocenters. The highest BCUT2D eigenvalue weighted by Crippen LogP contribution is 2.39. The van der Waals surface area contributed by atoms with Crippen LogP contribution in [0.4, 0.5) is 14.6 Å².